The van der Waals surface area contributed by atoms with Gasteiger partial charge in [-0.2, -0.15) is 0 Å². The molecule has 2 aromatic rings. The fraction of sp³-hybridized carbons (Fsp3) is 0.273. The second-order valence-corrected chi connectivity index (χ2v) is 6.78. The van der Waals surface area contributed by atoms with Crippen LogP contribution >= 0.6 is 0 Å². The average molecular weight is 303 g/mol. The maximum atomic E-state index is 2.39. The lowest BCUT2D eigenvalue weighted by Gasteiger charge is -2.30. The molecule has 1 aliphatic carbocycles. The Kier molecular flexibility index (Phi) is 4.38. The third-order valence-corrected chi connectivity index (χ3v) is 4.23. The molecule has 0 amide bonds. The number of aryl methyl sites for hydroxylation is 2. The molecule has 0 N–H and O–H groups in total. The minimum absolute atomic E-state index is 0.576. The zero-order valence-corrected chi connectivity index (χ0v) is 14.5. The Morgan fingerprint density at radius 2 is 1.52 bits per heavy atom. The van der Waals surface area contributed by atoms with E-state index in [-0.39, 0.29) is 0 Å². The summed E-state index contributed by atoms with van der Waals surface area (Å²) in [6.07, 6.45) is 5.86. The molecule has 0 spiro atoms. The van der Waals surface area contributed by atoms with Crippen LogP contribution in [0.3, 0.4) is 0 Å². The van der Waals surface area contributed by atoms with Crippen LogP contribution in [0.5, 0.6) is 0 Å². The van der Waals surface area contributed by atoms with Crippen LogP contribution in [0, 0.1) is 19.8 Å². The standard InChI is InChI=1S/C22H25N/c1-16-10-17(2)13-21(12-16)23(20-8-6-5-7-9-20)22-14-18(3)11-19(4)15-22/h5-10,12-15,18H,11H2,1-4H3. The van der Waals surface area contributed by atoms with Crippen LogP contribution in [0.25, 0.3) is 0 Å². The summed E-state index contributed by atoms with van der Waals surface area (Å²) in [5.74, 6) is 0.576. The van der Waals surface area contributed by atoms with Crippen LogP contribution in [0.4, 0.5) is 11.4 Å². The molecule has 0 aliphatic heterocycles. The zero-order chi connectivity index (χ0) is 16.4. The summed E-state index contributed by atoms with van der Waals surface area (Å²) in [6.45, 7) is 8.85. The van der Waals surface area contributed by atoms with Crippen LogP contribution in [0.15, 0.2) is 72.0 Å². The number of benzene rings is 2. The first-order chi connectivity index (χ1) is 11.0. The Bertz CT molecular complexity index is 733. The molecule has 0 bridgehead atoms. The van der Waals surface area contributed by atoms with Gasteiger partial charge in [0.25, 0.3) is 0 Å². The molecule has 0 saturated heterocycles. The number of allylic oxidation sites excluding steroid dienone is 3. The third kappa shape index (κ3) is 3.56. The summed E-state index contributed by atoms with van der Waals surface area (Å²) >= 11 is 0. The molecule has 1 atom stereocenters. The number of nitrogens with zero attached hydrogens (tertiary/aromatic N) is 1. The van der Waals surface area contributed by atoms with Gasteiger partial charge in [-0.15, -0.1) is 0 Å². The van der Waals surface area contributed by atoms with E-state index in [1.54, 1.807) is 0 Å². The van der Waals surface area contributed by atoms with Crippen LogP contribution in [0.2, 0.25) is 0 Å². The molecule has 1 heteroatoms. The monoisotopic (exact) mass is 303 g/mol. The Morgan fingerprint density at radius 3 is 2.13 bits per heavy atom. The summed E-state index contributed by atoms with van der Waals surface area (Å²) < 4.78 is 0. The van der Waals surface area contributed by atoms with Gasteiger partial charge >= 0.3 is 0 Å². The van der Waals surface area contributed by atoms with Gasteiger partial charge in [0.2, 0.25) is 0 Å². The van der Waals surface area contributed by atoms with Crippen molar-refractivity contribution in [2.24, 2.45) is 5.92 Å². The van der Waals surface area contributed by atoms with Gasteiger partial charge in [0.1, 0.15) is 0 Å². The van der Waals surface area contributed by atoms with E-state index in [0.717, 1.165) is 6.42 Å². The fourth-order valence-corrected chi connectivity index (χ4v) is 3.46. The lowest BCUT2D eigenvalue weighted by molar-refractivity contribution is 0.697. The van der Waals surface area contributed by atoms with Crippen molar-refractivity contribution in [3.8, 4) is 0 Å². The Morgan fingerprint density at radius 1 is 0.870 bits per heavy atom. The first kappa shape index (κ1) is 15.6. The van der Waals surface area contributed by atoms with Gasteiger partial charge in [-0.05, 0) is 74.6 Å². The average Bonchev–Trinajstić information content (AvgIpc) is 2.46. The van der Waals surface area contributed by atoms with E-state index in [1.807, 2.05) is 0 Å². The molecule has 0 saturated carbocycles. The van der Waals surface area contributed by atoms with Crippen LogP contribution in [-0.2, 0) is 0 Å². The highest BCUT2D eigenvalue weighted by Crippen LogP contribution is 2.35. The molecule has 0 aromatic heterocycles. The quantitative estimate of drug-likeness (QED) is 0.642. The van der Waals surface area contributed by atoms with Crippen molar-refractivity contribution < 1.29 is 0 Å². The zero-order valence-electron chi connectivity index (χ0n) is 14.5. The van der Waals surface area contributed by atoms with Crippen LogP contribution in [0.1, 0.15) is 31.4 Å². The van der Waals surface area contributed by atoms with E-state index in [2.05, 4.69) is 93.3 Å². The van der Waals surface area contributed by atoms with Crippen molar-refractivity contribution in [2.45, 2.75) is 34.1 Å². The molecule has 1 nitrogen and oxygen atoms in total. The Hall–Kier alpha value is -2.28. The van der Waals surface area contributed by atoms with Crippen molar-refractivity contribution >= 4 is 11.4 Å². The maximum Gasteiger partial charge on any atom is 0.0466 e. The molecule has 23 heavy (non-hydrogen) atoms. The van der Waals surface area contributed by atoms with Gasteiger partial charge in [-0.25, -0.2) is 0 Å². The normalized spacial score (nSPS) is 17.5. The first-order valence-corrected chi connectivity index (χ1v) is 8.35. The van der Waals surface area contributed by atoms with Gasteiger partial charge in [0, 0.05) is 17.1 Å². The van der Waals surface area contributed by atoms with E-state index in [1.165, 1.54) is 33.8 Å². The van der Waals surface area contributed by atoms with Crippen molar-refractivity contribution in [1.29, 1.82) is 0 Å². The highest BCUT2D eigenvalue weighted by molar-refractivity contribution is 5.71. The summed E-state index contributed by atoms with van der Waals surface area (Å²) in [4.78, 5) is 2.37. The number of hydrogen-bond donors (Lipinski definition) is 0. The summed E-state index contributed by atoms with van der Waals surface area (Å²) in [7, 11) is 0. The topological polar surface area (TPSA) is 3.24 Å². The molecular formula is C22H25N. The van der Waals surface area contributed by atoms with E-state index >= 15 is 0 Å². The van der Waals surface area contributed by atoms with Gasteiger partial charge in [-0.3, -0.25) is 0 Å². The number of rotatable bonds is 3. The predicted octanol–water partition coefficient (Wildman–Crippen LogP) is 6.31. The number of anilines is 2. The smallest absolute Gasteiger partial charge is 0.0466 e. The lowest BCUT2D eigenvalue weighted by atomic mass is 9.94. The Balaban J connectivity index is 2.15. The third-order valence-electron chi connectivity index (χ3n) is 4.23. The molecule has 0 fully saturated rings. The molecule has 0 radical (unpaired) electrons. The minimum Gasteiger partial charge on any atom is -0.311 e. The molecule has 0 heterocycles. The van der Waals surface area contributed by atoms with Crippen molar-refractivity contribution in [1.82, 2.24) is 0 Å². The van der Waals surface area contributed by atoms with Crippen LogP contribution < -0.4 is 4.90 Å². The molecular weight excluding hydrogens is 278 g/mol. The highest BCUT2D eigenvalue weighted by Gasteiger charge is 2.18. The minimum atomic E-state index is 0.576. The number of para-hydroxylation sites is 1. The number of hydrogen-bond acceptors (Lipinski definition) is 1. The van der Waals surface area contributed by atoms with Gasteiger partial charge in [0.05, 0.1) is 0 Å². The first-order valence-electron chi connectivity index (χ1n) is 8.35. The van der Waals surface area contributed by atoms with Gasteiger partial charge < -0.3 is 4.90 Å². The van der Waals surface area contributed by atoms with Gasteiger partial charge in [0.15, 0.2) is 0 Å². The molecule has 1 aliphatic rings. The predicted molar refractivity (Wildman–Crippen MR) is 100 cm³/mol. The highest BCUT2D eigenvalue weighted by atomic mass is 15.1. The molecule has 2 aromatic carbocycles. The van der Waals surface area contributed by atoms with Crippen LogP contribution in [-0.4, -0.2) is 0 Å². The van der Waals surface area contributed by atoms with Crippen molar-refractivity contribution in [3.63, 3.8) is 0 Å². The molecule has 3 rings (SSSR count). The van der Waals surface area contributed by atoms with E-state index in [0.29, 0.717) is 5.92 Å². The van der Waals surface area contributed by atoms with Crippen molar-refractivity contribution in [2.75, 3.05) is 4.90 Å². The summed E-state index contributed by atoms with van der Waals surface area (Å²) in [5, 5.41) is 0. The SMILES string of the molecule is CC1=CC(N(c2ccccc2)c2cc(C)cc(C)c2)=CC(C)C1. The summed E-state index contributed by atoms with van der Waals surface area (Å²) in [5.41, 5.74) is 7.76. The van der Waals surface area contributed by atoms with Gasteiger partial charge in [-0.1, -0.05) is 42.8 Å². The Labute approximate surface area is 140 Å². The van der Waals surface area contributed by atoms with Crippen molar-refractivity contribution in [3.05, 3.63) is 83.1 Å². The van der Waals surface area contributed by atoms with E-state index in [4.69, 9.17) is 0 Å². The summed E-state index contributed by atoms with van der Waals surface area (Å²) in [6, 6.07) is 17.4. The molecule has 1 unspecified atom stereocenters. The van der Waals surface area contributed by atoms with E-state index < -0.39 is 0 Å². The lowest BCUT2D eigenvalue weighted by Crippen LogP contribution is -2.18. The second-order valence-electron chi connectivity index (χ2n) is 6.78. The van der Waals surface area contributed by atoms with E-state index in [9.17, 15) is 0 Å². The molecule has 118 valence electrons. The maximum absolute atomic E-state index is 2.39. The fourth-order valence-electron chi connectivity index (χ4n) is 3.46. The largest absolute Gasteiger partial charge is 0.311 e. The second kappa shape index (κ2) is 6.45.